The first kappa shape index (κ1) is 12.2. The summed E-state index contributed by atoms with van der Waals surface area (Å²) in [6.07, 6.45) is 11.8. The molecule has 3 rings (SSSR count). The number of aliphatic imine (C=N–C) groups is 1. The first-order valence-electron chi connectivity index (χ1n) is 6.97. The number of hydrogen-bond donors (Lipinski definition) is 0. The Balaban J connectivity index is 1.97. The summed E-state index contributed by atoms with van der Waals surface area (Å²) < 4.78 is 0. The molecule has 1 nitrogen and oxygen atoms in total. The van der Waals surface area contributed by atoms with Gasteiger partial charge in [0.1, 0.15) is 0 Å². The number of hydrogen-bond acceptors (Lipinski definition) is 1. The Morgan fingerprint density at radius 3 is 2.68 bits per heavy atom. The van der Waals surface area contributed by atoms with Crippen LogP contribution in [-0.4, -0.2) is 5.71 Å². The van der Waals surface area contributed by atoms with Crippen LogP contribution in [0.2, 0.25) is 0 Å². The molecule has 1 aliphatic heterocycles. The van der Waals surface area contributed by atoms with Crippen molar-refractivity contribution in [2.24, 2.45) is 10.9 Å². The lowest BCUT2D eigenvalue weighted by Crippen LogP contribution is -2.17. The van der Waals surface area contributed by atoms with Gasteiger partial charge in [0.2, 0.25) is 0 Å². The molecule has 1 aromatic carbocycles. The number of allylic oxidation sites excluding steroid dienone is 5. The summed E-state index contributed by atoms with van der Waals surface area (Å²) in [5.41, 5.74) is 5.08. The number of nitrogens with zero attached hydrogens (tertiary/aromatic N) is 1. The SMILES string of the molecule is CC(C)c1ccc(C2=NC=CC3CC=CC=C23)cc1. The van der Waals surface area contributed by atoms with Gasteiger partial charge in [0.05, 0.1) is 5.71 Å². The van der Waals surface area contributed by atoms with Crippen LogP contribution in [0.4, 0.5) is 0 Å². The van der Waals surface area contributed by atoms with E-state index >= 15 is 0 Å². The third kappa shape index (κ3) is 2.33. The van der Waals surface area contributed by atoms with Crippen molar-refractivity contribution in [3.05, 3.63) is 71.5 Å². The van der Waals surface area contributed by atoms with Crippen molar-refractivity contribution in [2.45, 2.75) is 26.2 Å². The Kier molecular flexibility index (Phi) is 3.20. The minimum atomic E-state index is 0.502. The van der Waals surface area contributed by atoms with E-state index in [1.165, 1.54) is 16.7 Å². The third-order valence-corrected chi connectivity index (χ3v) is 3.85. The first-order chi connectivity index (χ1) is 9.25. The van der Waals surface area contributed by atoms with Gasteiger partial charge in [-0.15, -0.1) is 0 Å². The van der Waals surface area contributed by atoms with Crippen molar-refractivity contribution in [1.82, 2.24) is 0 Å². The van der Waals surface area contributed by atoms with Crippen LogP contribution in [0, 0.1) is 5.92 Å². The normalized spacial score (nSPS) is 21.1. The monoisotopic (exact) mass is 249 g/mol. The molecule has 1 aromatic rings. The third-order valence-electron chi connectivity index (χ3n) is 3.85. The molecule has 0 amide bonds. The van der Waals surface area contributed by atoms with Crippen LogP contribution in [0.5, 0.6) is 0 Å². The van der Waals surface area contributed by atoms with Gasteiger partial charge in [0.15, 0.2) is 0 Å². The van der Waals surface area contributed by atoms with Crippen molar-refractivity contribution < 1.29 is 0 Å². The molecule has 0 aromatic heterocycles. The summed E-state index contributed by atoms with van der Waals surface area (Å²) in [6.45, 7) is 4.45. The minimum Gasteiger partial charge on any atom is -0.256 e. The van der Waals surface area contributed by atoms with E-state index in [9.17, 15) is 0 Å². The van der Waals surface area contributed by atoms with Crippen LogP contribution in [0.15, 0.2) is 65.3 Å². The van der Waals surface area contributed by atoms with Crippen molar-refractivity contribution in [3.63, 3.8) is 0 Å². The maximum Gasteiger partial charge on any atom is 0.0739 e. The molecule has 1 atom stereocenters. The van der Waals surface area contributed by atoms with Crippen LogP contribution >= 0.6 is 0 Å². The summed E-state index contributed by atoms with van der Waals surface area (Å²) in [6, 6.07) is 8.83. The summed E-state index contributed by atoms with van der Waals surface area (Å²) in [5.74, 6) is 1.08. The predicted octanol–water partition coefficient (Wildman–Crippen LogP) is 4.63. The van der Waals surface area contributed by atoms with Gasteiger partial charge < -0.3 is 0 Å². The molecule has 0 saturated heterocycles. The zero-order valence-corrected chi connectivity index (χ0v) is 11.5. The second kappa shape index (κ2) is 5.00. The van der Waals surface area contributed by atoms with Crippen molar-refractivity contribution in [2.75, 3.05) is 0 Å². The van der Waals surface area contributed by atoms with Gasteiger partial charge in [-0.2, -0.15) is 0 Å². The molecule has 1 unspecified atom stereocenters. The average molecular weight is 249 g/mol. The molecule has 1 heterocycles. The van der Waals surface area contributed by atoms with Crippen molar-refractivity contribution in [3.8, 4) is 0 Å². The van der Waals surface area contributed by atoms with Crippen LogP contribution in [0.25, 0.3) is 0 Å². The molecule has 1 aliphatic carbocycles. The topological polar surface area (TPSA) is 12.4 Å². The van der Waals surface area contributed by atoms with E-state index in [1.54, 1.807) is 0 Å². The van der Waals surface area contributed by atoms with Gasteiger partial charge in [0, 0.05) is 17.7 Å². The summed E-state index contributed by atoms with van der Waals surface area (Å²) >= 11 is 0. The molecular formula is C18H19N. The number of fused-ring (bicyclic) bond motifs is 1. The molecule has 96 valence electrons. The van der Waals surface area contributed by atoms with E-state index in [-0.39, 0.29) is 0 Å². The van der Waals surface area contributed by atoms with Crippen LogP contribution < -0.4 is 0 Å². The highest BCUT2D eigenvalue weighted by atomic mass is 14.7. The minimum absolute atomic E-state index is 0.502. The molecular weight excluding hydrogens is 230 g/mol. The highest BCUT2D eigenvalue weighted by Gasteiger charge is 2.21. The van der Waals surface area contributed by atoms with Crippen LogP contribution in [-0.2, 0) is 0 Å². The molecule has 0 N–H and O–H groups in total. The quantitative estimate of drug-likeness (QED) is 0.724. The number of rotatable bonds is 2. The van der Waals surface area contributed by atoms with Gasteiger partial charge in [0.25, 0.3) is 0 Å². The van der Waals surface area contributed by atoms with Gasteiger partial charge in [-0.05, 0) is 23.5 Å². The predicted molar refractivity (Wildman–Crippen MR) is 81.5 cm³/mol. The van der Waals surface area contributed by atoms with Gasteiger partial charge in [-0.25, -0.2) is 0 Å². The van der Waals surface area contributed by atoms with E-state index in [4.69, 9.17) is 0 Å². The van der Waals surface area contributed by atoms with E-state index in [0.29, 0.717) is 11.8 Å². The first-order valence-corrected chi connectivity index (χ1v) is 6.97. The fourth-order valence-electron chi connectivity index (χ4n) is 2.65. The molecule has 19 heavy (non-hydrogen) atoms. The molecule has 0 bridgehead atoms. The molecule has 0 spiro atoms. The van der Waals surface area contributed by atoms with Gasteiger partial charge in [-0.1, -0.05) is 62.4 Å². The van der Waals surface area contributed by atoms with E-state index in [0.717, 1.165) is 12.1 Å². The Morgan fingerprint density at radius 1 is 1.16 bits per heavy atom. The molecule has 2 aliphatic rings. The fourth-order valence-corrected chi connectivity index (χ4v) is 2.65. The second-order valence-electron chi connectivity index (χ2n) is 5.49. The molecule has 1 heteroatoms. The Hall–Kier alpha value is -1.89. The maximum atomic E-state index is 4.59. The van der Waals surface area contributed by atoms with E-state index in [2.05, 4.69) is 67.4 Å². The lowest BCUT2D eigenvalue weighted by molar-refractivity contribution is 0.786. The van der Waals surface area contributed by atoms with Crippen molar-refractivity contribution in [1.29, 1.82) is 0 Å². The lowest BCUT2D eigenvalue weighted by Gasteiger charge is -2.23. The number of benzene rings is 1. The van der Waals surface area contributed by atoms with Crippen molar-refractivity contribution >= 4 is 5.71 Å². The van der Waals surface area contributed by atoms with Crippen LogP contribution in [0.3, 0.4) is 0 Å². The second-order valence-corrected chi connectivity index (χ2v) is 5.49. The summed E-state index contributed by atoms with van der Waals surface area (Å²) in [7, 11) is 0. The standard InChI is InChI=1S/C18H19N/c1-13(2)14-7-9-16(10-8-14)18-17-6-4-3-5-15(17)11-12-19-18/h3-4,6-13,15H,5H2,1-2H3. The Bertz CT molecular complexity index is 583. The summed E-state index contributed by atoms with van der Waals surface area (Å²) in [5, 5.41) is 0. The van der Waals surface area contributed by atoms with Gasteiger partial charge in [-0.3, -0.25) is 4.99 Å². The lowest BCUT2D eigenvalue weighted by atomic mass is 9.84. The fraction of sp³-hybridized carbons (Fsp3) is 0.278. The Morgan fingerprint density at radius 2 is 1.95 bits per heavy atom. The molecule has 0 fully saturated rings. The zero-order valence-electron chi connectivity index (χ0n) is 11.5. The highest BCUT2D eigenvalue weighted by Crippen LogP contribution is 2.29. The highest BCUT2D eigenvalue weighted by molar-refractivity contribution is 6.14. The maximum absolute atomic E-state index is 4.59. The smallest absolute Gasteiger partial charge is 0.0739 e. The van der Waals surface area contributed by atoms with E-state index < -0.39 is 0 Å². The van der Waals surface area contributed by atoms with E-state index in [1.807, 2.05) is 6.20 Å². The average Bonchev–Trinajstić information content (AvgIpc) is 2.47. The zero-order chi connectivity index (χ0) is 13.2. The van der Waals surface area contributed by atoms with Gasteiger partial charge >= 0.3 is 0 Å². The molecule has 0 radical (unpaired) electrons. The Labute approximate surface area is 115 Å². The van der Waals surface area contributed by atoms with Crippen LogP contribution in [0.1, 0.15) is 37.3 Å². The summed E-state index contributed by atoms with van der Waals surface area (Å²) in [4.78, 5) is 4.59. The largest absolute Gasteiger partial charge is 0.256 e. The molecule has 0 saturated carbocycles.